The monoisotopic (exact) mass is 393 g/mol. The highest BCUT2D eigenvalue weighted by Gasteiger charge is 2.25. The summed E-state index contributed by atoms with van der Waals surface area (Å²) in [5.74, 6) is 0.887. The van der Waals surface area contributed by atoms with Crippen LogP contribution in [0.2, 0.25) is 5.15 Å². The molecule has 2 heterocycles. The molecule has 0 aliphatic heterocycles. The van der Waals surface area contributed by atoms with Crippen LogP contribution >= 0.6 is 11.6 Å². The molecule has 3 aromatic rings. The van der Waals surface area contributed by atoms with Crippen molar-refractivity contribution in [3.8, 4) is 11.8 Å². The van der Waals surface area contributed by atoms with E-state index in [4.69, 9.17) is 37.2 Å². The standard InChI is InChI=1S/C20H16ClN5O2/c21-20-12(8-22)6-11-2-1-3-16(19(11)26-20)28-13-4-5-15(23)14(7-13)18(24)17-9-25-10-27-17/h4-7,9-10,16,24H,1-3,23H2/t16-/m1/s1. The largest absolute Gasteiger partial charge is 0.484 e. The Morgan fingerprint density at radius 1 is 1.39 bits per heavy atom. The summed E-state index contributed by atoms with van der Waals surface area (Å²) in [6.07, 6.45) is 4.97. The number of oxazole rings is 1. The zero-order valence-corrected chi connectivity index (χ0v) is 15.5. The number of nitrogen functional groups attached to an aromatic ring is 1. The fourth-order valence-corrected chi connectivity index (χ4v) is 3.48. The first-order valence-corrected chi connectivity index (χ1v) is 9.08. The first-order chi connectivity index (χ1) is 13.6. The van der Waals surface area contributed by atoms with Crippen LogP contribution in [0.15, 0.2) is 41.3 Å². The number of nitrogens with one attached hydrogen (secondary N) is 1. The number of aryl methyl sites for hydroxylation is 1. The molecule has 0 amide bonds. The predicted molar refractivity (Wildman–Crippen MR) is 104 cm³/mol. The Morgan fingerprint density at radius 2 is 2.25 bits per heavy atom. The lowest BCUT2D eigenvalue weighted by Gasteiger charge is -2.26. The van der Waals surface area contributed by atoms with Gasteiger partial charge in [-0.15, -0.1) is 0 Å². The second-order valence-corrected chi connectivity index (χ2v) is 6.83. The molecule has 0 radical (unpaired) electrons. The van der Waals surface area contributed by atoms with E-state index in [-0.39, 0.29) is 17.0 Å². The van der Waals surface area contributed by atoms with E-state index in [1.165, 1.54) is 12.6 Å². The van der Waals surface area contributed by atoms with Gasteiger partial charge in [0.15, 0.2) is 12.2 Å². The van der Waals surface area contributed by atoms with Gasteiger partial charge in [-0.1, -0.05) is 11.6 Å². The number of nitrogens with two attached hydrogens (primary N) is 1. The van der Waals surface area contributed by atoms with Crippen molar-refractivity contribution in [2.45, 2.75) is 25.4 Å². The molecule has 0 fully saturated rings. The third-order valence-corrected chi connectivity index (χ3v) is 4.97. The van der Waals surface area contributed by atoms with E-state index in [2.05, 4.69) is 16.0 Å². The average molecular weight is 394 g/mol. The van der Waals surface area contributed by atoms with Crippen molar-refractivity contribution in [3.05, 3.63) is 70.2 Å². The second-order valence-electron chi connectivity index (χ2n) is 6.47. The van der Waals surface area contributed by atoms with Crippen LogP contribution in [0.25, 0.3) is 0 Å². The molecule has 2 aromatic heterocycles. The number of anilines is 1. The number of nitrogens with zero attached hydrogens (tertiary/aromatic N) is 3. The van der Waals surface area contributed by atoms with Crippen molar-refractivity contribution in [1.82, 2.24) is 9.97 Å². The first kappa shape index (κ1) is 18.0. The van der Waals surface area contributed by atoms with Crippen molar-refractivity contribution in [3.63, 3.8) is 0 Å². The zero-order chi connectivity index (χ0) is 19.7. The number of halogens is 1. The minimum atomic E-state index is -0.287. The number of rotatable bonds is 4. The van der Waals surface area contributed by atoms with Gasteiger partial charge in [-0.25, -0.2) is 9.97 Å². The van der Waals surface area contributed by atoms with Gasteiger partial charge in [-0.05, 0) is 49.1 Å². The maximum Gasteiger partial charge on any atom is 0.181 e. The number of aromatic nitrogens is 2. The zero-order valence-electron chi connectivity index (χ0n) is 14.8. The summed E-state index contributed by atoms with van der Waals surface area (Å²) < 4.78 is 11.4. The molecule has 0 spiro atoms. The van der Waals surface area contributed by atoms with Crippen molar-refractivity contribution in [2.24, 2.45) is 0 Å². The lowest BCUT2D eigenvalue weighted by molar-refractivity contribution is 0.178. The Bertz CT molecular complexity index is 1090. The van der Waals surface area contributed by atoms with Gasteiger partial charge < -0.3 is 14.9 Å². The van der Waals surface area contributed by atoms with Crippen LogP contribution in [0.3, 0.4) is 0 Å². The number of hydrogen-bond acceptors (Lipinski definition) is 7. The van der Waals surface area contributed by atoms with Crippen molar-refractivity contribution in [1.29, 1.82) is 10.7 Å². The molecule has 0 bridgehead atoms. The summed E-state index contributed by atoms with van der Waals surface area (Å²) in [6.45, 7) is 0. The maximum absolute atomic E-state index is 9.16. The molecule has 0 saturated heterocycles. The Labute approximate surface area is 166 Å². The van der Waals surface area contributed by atoms with Crippen molar-refractivity contribution < 1.29 is 9.15 Å². The number of hydrogen-bond donors (Lipinski definition) is 2. The van der Waals surface area contributed by atoms with Crippen molar-refractivity contribution in [2.75, 3.05) is 5.73 Å². The van der Waals surface area contributed by atoms with Crippen LogP contribution < -0.4 is 10.5 Å². The van der Waals surface area contributed by atoms with Crippen LogP contribution in [0.5, 0.6) is 5.75 Å². The van der Waals surface area contributed by atoms with E-state index in [1.807, 2.05) is 0 Å². The van der Waals surface area contributed by atoms with Crippen LogP contribution in [0.1, 0.15) is 47.1 Å². The van der Waals surface area contributed by atoms with Gasteiger partial charge in [0.1, 0.15) is 28.8 Å². The highest BCUT2D eigenvalue weighted by Crippen LogP contribution is 2.35. The van der Waals surface area contributed by atoms with E-state index in [1.54, 1.807) is 24.3 Å². The van der Waals surface area contributed by atoms with E-state index < -0.39 is 0 Å². The molecular weight excluding hydrogens is 378 g/mol. The number of fused-ring (bicyclic) bond motifs is 1. The summed E-state index contributed by atoms with van der Waals surface area (Å²) in [6, 6.07) is 9.01. The van der Waals surface area contributed by atoms with Crippen molar-refractivity contribution >= 4 is 23.0 Å². The summed E-state index contributed by atoms with van der Waals surface area (Å²) in [5.41, 5.74) is 9.20. The van der Waals surface area contributed by atoms with Gasteiger partial charge in [-0.2, -0.15) is 5.26 Å². The van der Waals surface area contributed by atoms with Gasteiger partial charge >= 0.3 is 0 Å². The third kappa shape index (κ3) is 3.30. The molecule has 3 N–H and O–H groups in total. The molecule has 1 atom stereocenters. The van der Waals surface area contributed by atoms with E-state index >= 15 is 0 Å². The second kappa shape index (κ2) is 7.33. The van der Waals surface area contributed by atoms with Gasteiger partial charge in [0.2, 0.25) is 0 Å². The van der Waals surface area contributed by atoms with Crippen LogP contribution in [0.4, 0.5) is 5.69 Å². The molecule has 0 unspecified atom stereocenters. The molecule has 7 nitrogen and oxygen atoms in total. The lowest BCUT2D eigenvalue weighted by atomic mass is 9.92. The molecule has 4 rings (SSSR count). The summed E-state index contributed by atoms with van der Waals surface area (Å²) >= 11 is 6.12. The number of benzene rings is 1. The van der Waals surface area contributed by atoms with Crippen LogP contribution in [-0.2, 0) is 6.42 Å². The smallest absolute Gasteiger partial charge is 0.181 e. The fourth-order valence-electron chi connectivity index (χ4n) is 3.29. The van der Waals surface area contributed by atoms with E-state index in [0.717, 1.165) is 30.5 Å². The van der Waals surface area contributed by atoms with E-state index in [9.17, 15) is 0 Å². The first-order valence-electron chi connectivity index (χ1n) is 8.70. The molecule has 28 heavy (non-hydrogen) atoms. The molecule has 140 valence electrons. The topological polar surface area (TPSA) is 122 Å². The van der Waals surface area contributed by atoms with E-state index in [0.29, 0.717) is 28.3 Å². The minimum absolute atomic E-state index is 0.129. The average Bonchev–Trinajstić information content (AvgIpc) is 3.24. The SMILES string of the molecule is N#Cc1cc2c(nc1Cl)[C@H](Oc1ccc(N)c(C(=N)c3cnco3)c1)CCC2. The Balaban J connectivity index is 1.64. The molecular formula is C20H16ClN5O2. The summed E-state index contributed by atoms with van der Waals surface area (Å²) in [7, 11) is 0. The van der Waals surface area contributed by atoms with Crippen LogP contribution in [-0.4, -0.2) is 15.7 Å². The molecule has 1 aliphatic carbocycles. The van der Waals surface area contributed by atoms with Gasteiger partial charge in [0.25, 0.3) is 0 Å². The summed E-state index contributed by atoms with van der Waals surface area (Å²) in [4.78, 5) is 8.24. The highest BCUT2D eigenvalue weighted by molar-refractivity contribution is 6.30. The Hall–Kier alpha value is -3.37. The summed E-state index contributed by atoms with van der Waals surface area (Å²) in [5, 5.41) is 17.6. The van der Waals surface area contributed by atoms with Crippen LogP contribution in [0, 0.1) is 16.7 Å². The fraction of sp³-hybridized carbons (Fsp3) is 0.200. The van der Waals surface area contributed by atoms with Gasteiger partial charge in [-0.3, -0.25) is 5.41 Å². The third-order valence-electron chi connectivity index (χ3n) is 4.68. The quantitative estimate of drug-likeness (QED) is 0.391. The molecule has 0 saturated carbocycles. The Kier molecular flexibility index (Phi) is 4.72. The van der Waals surface area contributed by atoms with Gasteiger partial charge in [0.05, 0.1) is 17.5 Å². The minimum Gasteiger partial charge on any atom is -0.484 e. The normalized spacial score (nSPS) is 15.5. The number of nitriles is 1. The number of pyridine rings is 1. The predicted octanol–water partition coefficient (Wildman–Crippen LogP) is 4.05. The Morgan fingerprint density at radius 3 is 3.00 bits per heavy atom. The highest BCUT2D eigenvalue weighted by atomic mass is 35.5. The molecule has 1 aromatic carbocycles. The van der Waals surface area contributed by atoms with Gasteiger partial charge in [0, 0.05) is 11.3 Å². The molecule has 1 aliphatic rings. The molecule has 8 heteroatoms. The maximum atomic E-state index is 9.16. The lowest BCUT2D eigenvalue weighted by Crippen LogP contribution is -2.18. The number of ether oxygens (including phenoxy) is 1.